The number of rotatable bonds is 6. The van der Waals surface area contributed by atoms with E-state index in [1.54, 1.807) is 42.3 Å². The predicted octanol–water partition coefficient (Wildman–Crippen LogP) is 3.20. The van der Waals surface area contributed by atoms with Gasteiger partial charge < -0.3 is 14.8 Å². The smallest absolute Gasteiger partial charge is 0.260 e. The van der Waals surface area contributed by atoms with E-state index < -0.39 is 0 Å². The van der Waals surface area contributed by atoms with Gasteiger partial charge in [-0.05, 0) is 17.7 Å². The van der Waals surface area contributed by atoms with Gasteiger partial charge in [-0.25, -0.2) is 4.68 Å². The number of carbonyl (C=O) groups is 1. The van der Waals surface area contributed by atoms with Gasteiger partial charge in [0.2, 0.25) is 0 Å². The molecule has 1 aromatic heterocycles. The van der Waals surface area contributed by atoms with Crippen LogP contribution in [0.1, 0.15) is 15.9 Å². The summed E-state index contributed by atoms with van der Waals surface area (Å²) in [5, 5.41) is 7.16. The topological polar surface area (TPSA) is 65.4 Å². The van der Waals surface area contributed by atoms with Gasteiger partial charge in [0.25, 0.3) is 5.91 Å². The van der Waals surface area contributed by atoms with Crippen molar-refractivity contribution in [3.8, 4) is 11.5 Å². The third kappa shape index (κ3) is 3.80. The van der Waals surface area contributed by atoms with Gasteiger partial charge in [0.15, 0.2) is 0 Å². The van der Waals surface area contributed by atoms with Gasteiger partial charge >= 0.3 is 0 Å². The summed E-state index contributed by atoms with van der Waals surface area (Å²) in [6.45, 7) is 0.573. The van der Waals surface area contributed by atoms with Gasteiger partial charge in [0, 0.05) is 12.1 Å². The largest absolute Gasteiger partial charge is 0.497 e. The first-order valence-corrected chi connectivity index (χ1v) is 7.80. The van der Waals surface area contributed by atoms with Crippen molar-refractivity contribution in [2.75, 3.05) is 19.5 Å². The predicted molar refractivity (Wildman–Crippen MR) is 95.3 cm³/mol. The quantitative estimate of drug-likeness (QED) is 0.750. The summed E-state index contributed by atoms with van der Waals surface area (Å²) >= 11 is 0. The summed E-state index contributed by atoms with van der Waals surface area (Å²) in [7, 11) is 3.09. The second kappa shape index (κ2) is 7.53. The SMILES string of the molecule is COc1ccc(C(=O)Nc2ccnn2Cc2ccccc2)c(OC)c1. The number of ether oxygens (including phenoxy) is 2. The molecule has 2 aromatic carbocycles. The molecule has 3 rings (SSSR count). The van der Waals surface area contributed by atoms with E-state index in [2.05, 4.69) is 10.4 Å². The first-order valence-electron chi connectivity index (χ1n) is 7.80. The molecule has 128 valence electrons. The molecular formula is C19H19N3O3. The lowest BCUT2D eigenvalue weighted by atomic mass is 10.1. The van der Waals surface area contributed by atoms with Crippen LogP contribution in [0.25, 0.3) is 0 Å². The molecule has 1 heterocycles. The van der Waals surface area contributed by atoms with E-state index in [4.69, 9.17) is 9.47 Å². The van der Waals surface area contributed by atoms with Gasteiger partial charge in [-0.2, -0.15) is 5.10 Å². The first kappa shape index (κ1) is 16.6. The van der Waals surface area contributed by atoms with Gasteiger partial charge in [-0.3, -0.25) is 4.79 Å². The highest BCUT2D eigenvalue weighted by atomic mass is 16.5. The van der Waals surface area contributed by atoms with Crippen LogP contribution in [0.15, 0.2) is 60.8 Å². The Hall–Kier alpha value is -3.28. The van der Waals surface area contributed by atoms with E-state index >= 15 is 0 Å². The molecule has 0 atom stereocenters. The Labute approximate surface area is 146 Å². The minimum atomic E-state index is -0.269. The van der Waals surface area contributed by atoms with Gasteiger partial charge in [-0.1, -0.05) is 30.3 Å². The molecule has 0 spiro atoms. The van der Waals surface area contributed by atoms with Crippen molar-refractivity contribution in [2.45, 2.75) is 6.54 Å². The maximum absolute atomic E-state index is 12.6. The highest BCUT2D eigenvalue weighted by Crippen LogP contribution is 2.25. The van der Waals surface area contributed by atoms with Crippen LogP contribution < -0.4 is 14.8 Å². The van der Waals surface area contributed by atoms with E-state index in [1.165, 1.54) is 7.11 Å². The van der Waals surface area contributed by atoms with Crippen LogP contribution in [0.5, 0.6) is 11.5 Å². The molecule has 1 N–H and O–H groups in total. The number of hydrogen-bond acceptors (Lipinski definition) is 4. The molecular weight excluding hydrogens is 318 g/mol. The molecule has 25 heavy (non-hydrogen) atoms. The maximum atomic E-state index is 12.6. The van der Waals surface area contributed by atoms with Gasteiger partial charge in [0.05, 0.1) is 32.5 Å². The minimum Gasteiger partial charge on any atom is -0.497 e. The van der Waals surface area contributed by atoms with Gasteiger partial charge in [-0.15, -0.1) is 0 Å². The average molecular weight is 337 g/mol. The number of aromatic nitrogens is 2. The average Bonchev–Trinajstić information content (AvgIpc) is 3.08. The van der Waals surface area contributed by atoms with E-state index in [1.807, 2.05) is 30.3 Å². The third-order valence-corrected chi connectivity index (χ3v) is 3.79. The standard InChI is InChI=1S/C19H19N3O3/c1-24-15-8-9-16(17(12-15)25-2)19(23)21-18-10-11-20-22(18)13-14-6-4-3-5-7-14/h3-12H,13H2,1-2H3,(H,21,23). The molecule has 0 saturated carbocycles. The molecule has 6 heteroatoms. The molecule has 1 amide bonds. The Kier molecular flexibility index (Phi) is 4.99. The Morgan fingerprint density at radius 1 is 1.08 bits per heavy atom. The number of methoxy groups -OCH3 is 2. The van der Waals surface area contributed by atoms with Crippen LogP contribution in [0.4, 0.5) is 5.82 Å². The molecule has 0 aliphatic rings. The first-order chi connectivity index (χ1) is 12.2. The Bertz CT molecular complexity index is 859. The van der Waals surface area contributed by atoms with Crippen molar-refractivity contribution >= 4 is 11.7 Å². The van der Waals surface area contributed by atoms with Crippen molar-refractivity contribution in [1.29, 1.82) is 0 Å². The summed E-state index contributed by atoms with van der Waals surface area (Å²) in [4.78, 5) is 12.6. The van der Waals surface area contributed by atoms with Crippen molar-refractivity contribution in [2.24, 2.45) is 0 Å². The van der Waals surface area contributed by atoms with Crippen molar-refractivity contribution in [1.82, 2.24) is 9.78 Å². The second-order valence-corrected chi connectivity index (χ2v) is 5.38. The Balaban J connectivity index is 1.79. The maximum Gasteiger partial charge on any atom is 0.260 e. The number of nitrogens with zero attached hydrogens (tertiary/aromatic N) is 2. The monoisotopic (exact) mass is 337 g/mol. The third-order valence-electron chi connectivity index (χ3n) is 3.79. The van der Waals surface area contributed by atoms with E-state index in [-0.39, 0.29) is 5.91 Å². The van der Waals surface area contributed by atoms with E-state index in [0.717, 1.165) is 5.56 Å². The van der Waals surface area contributed by atoms with Crippen molar-refractivity contribution in [3.63, 3.8) is 0 Å². The number of anilines is 1. The summed E-state index contributed by atoms with van der Waals surface area (Å²) < 4.78 is 12.2. The Morgan fingerprint density at radius 3 is 2.60 bits per heavy atom. The number of hydrogen-bond donors (Lipinski definition) is 1. The zero-order valence-electron chi connectivity index (χ0n) is 14.1. The van der Waals surface area contributed by atoms with Crippen LogP contribution in [-0.4, -0.2) is 29.9 Å². The molecule has 0 aliphatic heterocycles. The van der Waals surface area contributed by atoms with E-state index in [0.29, 0.717) is 29.4 Å². The lowest BCUT2D eigenvalue weighted by molar-refractivity contribution is 0.102. The van der Waals surface area contributed by atoms with E-state index in [9.17, 15) is 4.79 Å². The van der Waals surface area contributed by atoms with Crippen LogP contribution in [0.2, 0.25) is 0 Å². The molecule has 0 radical (unpaired) electrons. The molecule has 0 fully saturated rings. The summed E-state index contributed by atoms with van der Waals surface area (Å²) in [5.74, 6) is 1.43. The molecule has 6 nitrogen and oxygen atoms in total. The van der Waals surface area contributed by atoms with Crippen molar-refractivity contribution in [3.05, 3.63) is 71.9 Å². The summed E-state index contributed by atoms with van der Waals surface area (Å²) in [5.41, 5.74) is 1.53. The number of benzene rings is 2. The van der Waals surface area contributed by atoms with Crippen LogP contribution in [0.3, 0.4) is 0 Å². The fourth-order valence-corrected chi connectivity index (χ4v) is 2.49. The normalized spacial score (nSPS) is 10.3. The van der Waals surface area contributed by atoms with Crippen LogP contribution in [-0.2, 0) is 6.54 Å². The number of nitrogens with one attached hydrogen (secondary N) is 1. The summed E-state index contributed by atoms with van der Waals surface area (Å²) in [6.07, 6.45) is 1.66. The summed E-state index contributed by atoms with van der Waals surface area (Å²) in [6, 6.07) is 16.8. The zero-order valence-corrected chi connectivity index (χ0v) is 14.1. The Morgan fingerprint density at radius 2 is 1.88 bits per heavy atom. The fourth-order valence-electron chi connectivity index (χ4n) is 2.49. The lowest BCUT2D eigenvalue weighted by Gasteiger charge is -2.12. The van der Waals surface area contributed by atoms with Crippen LogP contribution in [0, 0.1) is 0 Å². The molecule has 0 saturated heterocycles. The van der Waals surface area contributed by atoms with Gasteiger partial charge in [0.1, 0.15) is 17.3 Å². The highest BCUT2D eigenvalue weighted by molar-refractivity contribution is 6.05. The molecule has 0 bridgehead atoms. The molecule has 3 aromatic rings. The number of carbonyl (C=O) groups excluding carboxylic acids is 1. The second-order valence-electron chi connectivity index (χ2n) is 5.38. The molecule has 0 unspecified atom stereocenters. The van der Waals surface area contributed by atoms with Crippen LogP contribution >= 0.6 is 0 Å². The lowest BCUT2D eigenvalue weighted by Crippen LogP contribution is -2.17. The molecule has 0 aliphatic carbocycles. The fraction of sp³-hybridized carbons (Fsp3) is 0.158. The van der Waals surface area contributed by atoms with Crippen molar-refractivity contribution < 1.29 is 14.3 Å². The minimum absolute atomic E-state index is 0.269. The highest BCUT2D eigenvalue weighted by Gasteiger charge is 2.15. The zero-order chi connectivity index (χ0) is 17.6. The number of amides is 1.